The van der Waals surface area contributed by atoms with Crippen LogP contribution in [-0.4, -0.2) is 21.6 Å². The van der Waals surface area contributed by atoms with Crippen LogP contribution < -0.4 is 0 Å². The summed E-state index contributed by atoms with van der Waals surface area (Å²) in [7, 11) is 0. The summed E-state index contributed by atoms with van der Waals surface area (Å²) >= 11 is 0. The molecule has 3 heterocycles. The average molecular weight is 358 g/mol. The Morgan fingerprint density at radius 2 is 1.33 bits per heavy atom. The molecule has 0 amide bonds. The number of aromatic nitrogens is 1. The summed E-state index contributed by atoms with van der Waals surface area (Å²) in [6.45, 7) is -2.11. The molecule has 0 fully saturated rings. The van der Waals surface area contributed by atoms with Crippen molar-refractivity contribution in [3.8, 4) is 11.3 Å². The molecular formula is C22H17BF2N2. The highest BCUT2D eigenvalue weighted by Crippen LogP contribution is 2.40. The maximum atomic E-state index is 15.9. The van der Waals surface area contributed by atoms with E-state index in [0.29, 0.717) is 22.8 Å². The summed E-state index contributed by atoms with van der Waals surface area (Å²) in [5.74, 6) is 0. The molecule has 0 spiro atoms. The van der Waals surface area contributed by atoms with Crippen LogP contribution in [0.4, 0.5) is 8.63 Å². The first kappa shape index (κ1) is 16.0. The Morgan fingerprint density at radius 1 is 0.741 bits per heavy atom. The van der Waals surface area contributed by atoms with Crippen molar-refractivity contribution >= 4 is 18.3 Å². The van der Waals surface area contributed by atoms with Gasteiger partial charge in [0.15, 0.2) is 11.4 Å². The van der Waals surface area contributed by atoms with Gasteiger partial charge in [0.25, 0.3) is 0 Å². The molecule has 132 valence electrons. The van der Waals surface area contributed by atoms with E-state index in [1.807, 2.05) is 67.6 Å². The van der Waals surface area contributed by atoms with E-state index in [2.05, 4.69) is 0 Å². The van der Waals surface area contributed by atoms with Gasteiger partial charge >= 0.3 is 6.97 Å². The van der Waals surface area contributed by atoms with Gasteiger partial charge in [0.2, 0.25) is 0 Å². The third kappa shape index (κ3) is 2.21. The Morgan fingerprint density at radius 3 is 2.00 bits per heavy atom. The monoisotopic (exact) mass is 358 g/mol. The van der Waals surface area contributed by atoms with Gasteiger partial charge in [0.05, 0.1) is 0 Å². The number of halogens is 2. The first-order valence-electron chi connectivity index (χ1n) is 8.99. The predicted molar refractivity (Wildman–Crippen MR) is 106 cm³/mol. The molecule has 2 aromatic carbocycles. The summed E-state index contributed by atoms with van der Waals surface area (Å²) in [5.41, 5.74) is 4.65. The largest absolute Gasteiger partial charge is 0.737 e. The van der Waals surface area contributed by atoms with E-state index >= 15 is 8.63 Å². The SMILES string of the molecule is CC1=C2C=CC(c3ccccc3)=[N+]2[B-](F)(F)n2c1ccc2-c1ccccc1. The highest BCUT2D eigenvalue weighted by atomic mass is 19.2. The molecule has 0 saturated carbocycles. The highest BCUT2D eigenvalue weighted by molar-refractivity contribution is 6.59. The standard InChI is InChI=1S/C22H17BF2N2/c1-16-19-12-14-21(17-8-4-2-5-9-17)26(19)23(24,25)27-20(16)13-15-22(27)18-10-6-3-7-11-18/h2-15H,1H3. The molecule has 2 aliphatic heterocycles. The van der Waals surface area contributed by atoms with Crippen molar-refractivity contribution in [1.29, 1.82) is 0 Å². The lowest BCUT2D eigenvalue weighted by Crippen LogP contribution is -2.51. The minimum Gasteiger partial charge on any atom is -0.390 e. The van der Waals surface area contributed by atoms with Crippen LogP contribution in [0.15, 0.2) is 90.6 Å². The van der Waals surface area contributed by atoms with Gasteiger partial charge in [0, 0.05) is 34.7 Å². The second-order valence-electron chi connectivity index (χ2n) is 6.89. The number of benzene rings is 2. The van der Waals surface area contributed by atoms with Gasteiger partial charge < -0.3 is 17.6 Å². The summed E-state index contributed by atoms with van der Waals surface area (Å²) in [5, 5.41) is 0. The summed E-state index contributed by atoms with van der Waals surface area (Å²) in [6, 6.07) is 22.3. The number of nitrogens with zero attached hydrogens (tertiary/aromatic N) is 2. The van der Waals surface area contributed by atoms with E-state index in [9.17, 15) is 0 Å². The molecule has 5 rings (SSSR count). The maximum Gasteiger partial charge on any atom is 0.737 e. The van der Waals surface area contributed by atoms with Crippen LogP contribution in [0.25, 0.3) is 16.8 Å². The van der Waals surface area contributed by atoms with Gasteiger partial charge in [-0.25, -0.2) is 0 Å². The predicted octanol–water partition coefficient (Wildman–Crippen LogP) is 5.19. The summed E-state index contributed by atoms with van der Waals surface area (Å²) < 4.78 is 34.2. The Bertz CT molecular complexity index is 1140. The Hall–Kier alpha value is -3.21. The number of hydrogen-bond acceptors (Lipinski definition) is 0. The number of fused-ring (bicyclic) bond motifs is 2. The second kappa shape index (κ2) is 5.65. The lowest BCUT2D eigenvalue weighted by atomic mass is 9.87. The molecule has 0 N–H and O–H groups in total. The van der Waals surface area contributed by atoms with Gasteiger partial charge in [-0.1, -0.05) is 48.5 Å². The van der Waals surface area contributed by atoms with Crippen molar-refractivity contribution in [2.75, 3.05) is 0 Å². The molecule has 27 heavy (non-hydrogen) atoms. The van der Waals surface area contributed by atoms with Crippen molar-refractivity contribution in [1.82, 2.24) is 4.48 Å². The van der Waals surface area contributed by atoms with Crippen molar-refractivity contribution in [3.05, 3.63) is 102 Å². The number of rotatable bonds is 2. The highest BCUT2D eigenvalue weighted by Gasteiger charge is 2.53. The minimum atomic E-state index is -4.02. The summed E-state index contributed by atoms with van der Waals surface area (Å²) in [4.78, 5) is 0. The smallest absolute Gasteiger partial charge is 0.390 e. The molecule has 0 saturated heterocycles. The third-order valence-corrected chi connectivity index (χ3v) is 5.37. The van der Waals surface area contributed by atoms with Crippen LogP contribution in [0.2, 0.25) is 0 Å². The van der Waals surface area contributed by atoms with Crippen LogP contribution in [0, 0.1) is 0 Å². The average Bonchev–Trinajstić information content (AvgIpc) is 3.34. The Kier molecular flexibility index (Phi) is 3.35. The third-order valence-electron chi connectivity index (χ3n) is 5.37. The van der Waals surface area contributed by atoms with Crippen molar-refractivity contribution in [3.63, 3.8) is 0 Å². The first-order chi connectivity index (χ1) is 13.1. The maximum absolute atomic E-state index is 15.9. The summed E-state index contributed by atoms with van der Waals surface area (Å²) in [6.07, 6.45) is 3.59. The van der Waals surface area contributed by atoms with Crippen molar-refractivity contribution < 1.29 is 13.1 Å². The fourth-order valence-electron chi connectivity index (χ4n) is 4.11. The topological polar surface area (TPSA) is 7.94 Å². The van der Waals surface area contributed by atoms with E-state index in [1.54, 1.807) is 24.3 Å². The molecule has 3 aromatic rings. The zero-order chi connectivity index (χ0) is 18.6. The van der Waals surface area contributed by atoms with Crippen LogP contribution >= 0.6 is 0 Å². The van der Waals surface area contributed by atoms with E-state index < -0.39 is 6.97 Å². The van der Waals surface area contributed by atoms with E-state index in [4.69, 9.17) is 0 Å². The molecule has 0 unspecified atom stereocenters. The normalized spacial score (nSPS) is 17.3. The van der Waals surface area contributed by atoms with Gasteiger partial charge in [-0.05, 0) is 36.8 Å². The van der Waals surface area contributed by atoms with Crippen LogP contribution in [0.3, 0.4) is 0 Å². The lowest BCUT2D eigenvalue weighted by molar-refractivity contribution is -0.360. The first-order valence-corrected chi connectivity index (χ1v) is 8.99. The minimum absolute atomic E-state index is 0.535. The Labute approximate surface area is 156 Å². The van der Waals surface area contributed by atoms with Crippen LogP contribution in [0.5, 0.6) is 0 Å². The number of hydrogen-bond donors (Lipinski definition) is 0. The van der Waals surface area contributed by atoms with Crippen LogP contribution in [0.1, 0.15) is 18.2 Å². The molecule has 0 radical (unpaired) electrons. The molecule has 0 aliphatic carbocycles. The molecule has 2 nitrogen and oxygen atoms in total. The quantitative estimate of drug-likeness (QED) is 0.557. The van der Waals surface area contributed by atoms with Gasteiger partial charge in [-0.2, -0.15) is 0 Å². The van der Waals surface area contributed by atoms with Crippen molar-refractivity contribution in [2.45, 2.75) is 6.92 Å². The molecule has 2 aliphatic rings. The zero-order valence-electron chi connectivity index (χ0n) is 14.8. The number of allylic oxidation sites excluding steroid dienone is 3. The lowest BCUT2D eigenvalue weighted by Gasteiger charge is -2.32. The van der Waals surface area contributed by atoms with Crippen LogP contribution in [-0.2, 0) is 0 Å². The molecule has 1 aromatic heterocycles. The zero-order valence-corrected chi connectivity index (χ0v) is 14.8. The van der Waals surface area contributed by atoms with E-state index in [-0.39, 0.29) is 0 Å². The van der Waals surface area contributed by atoms with E-state index in [1.165, 1.54) is 8.96 Å². The van der Waals surface area contributed by atoms with E-state index in [0.717, 1.165) is 16.7 Å². The fraction of sp³-hybridized carbons (Fsp3) is 0.0455. The fourth-order valence-corrected chi connectivity index (χ4v) is 4.11. The Balaban J connectivity index is 1.80. The molecule has 0 atom stereocenters. The van der Waals surface area contributed by atoms with Gasteiger partial charge in [0.1, 0.15) is 0 Å². The molecule has 0 bridgehead atoms. The van der Waals surface area contributed by atoms with Crippen molar-refractivity contribution in [2.24, 2.45) is 0 Å². The second-order valence-corrected chi connectivity index (χ2v) is 6.89. The van der Waals surface area contributed by atoms with Gasteiger partial charge in [-0.15, -0.1) is 0 Å². The van der Waals surface area contributed by atoms with Gasteiger partial charge in [-0.3, -0.25) is 0 Å². The molecular weight excluding hydrogens is 341 g/mol. The molecule has 5 heteroatoms.